The lowest BCUT2D eigenvalue weighted by Crippen LogP contribution is -2.28. The normalized spacial score (nSPS) is 21.4. The van der Waals surface area contributed by atoms with Crippen LogP contribution in [0, 0.1) is 5.92 Å². The molecule has 104 valence electrons. The monoisotopic (exact) mass is 277 g/mol. The van der Waals surface area contributed by atoms with Crippen LogP contribution in [0.2, 0.25) is 0 Å². The van der Waals surface area contributed by atoms with Gasteiger partial charge in [-0.3, -0.25) is 0 Å². The topological polar surface area (TPSA) is 3.24 Å². The smallest absolute Gasteiger partial charge is 0.0171 e. The molecular formula is C17H24ClN. The number of piperidine rings is 1. The van der Waals surface area contributed by atoms with E-state index in [-0.39, 0.29) is 0 Å². The number of hydrogen-bond acceptors (Lipinski definition) is 1. The van der Waals surface area contributed by atoms with E-state index in [1.54, 1.807) is 0 Å². The molecule has 19 heavy (non-hydrogen) atoms. The predicted molar refractivity (Wildman–Crippen MR) is 86.1 cm³/mol. The summed E-state index contributed by atoms with van der Waals surface area (Å²) in [6.07, 6.45) is 6.81. The SMILES string of the molecule is CC=C1C(C)CCCN1C.ClC=Cc1ccccc1. The third kappa shape index (κ3) is 5.52. The van der Waals surface area contributed by atoms with Gasteiger partial charge in [-0.05, 0) is 37.3 Å². The lowest BCUT2D eigenvalue weighted by atomic mass is 9.96. The van der Waals surface area contributed by atoms with Crippen molar-refractivity contribution in [3.05, 3.63) is 53.2 Å². The third-order valence-corrected chi connectivity index (χ3v) is 3.55. The standard InChI is InChI=1S/C9H17N.C8H7Cl/c1-4-9-8(2)6-5-7-10(9)3;9-7-6-8-4-2-1-3-5-8/h4,8H,5-7H2,1-3H3;1-7H. The maximum atomic E-state index is 5.36. The molecule has 2 heteroatoms. The average Bonchev–Trinajstić information content (AvgIpc) is 2.41. The molecule has 1 aliphatic rings. The van der Waals surface area contributed by atoms with E-state index in [1.807, 2.05) is 36.4 Å². The second kappa shape index (κ2) is 8.82. The Hall–Kier alpha value is -1.21. The first-order chi connectivity index (χ1) is 9.19. The van der Waals surface area contributed by atoms with Gasteiger partial charge in [0.2, 0.25) is 0 Å². The molecule has 1 aromatic rings. The molecule has 1 aliphatic heterocycles. The van der Waals surface area contributed by atoms with E-state index >= 15 is 0 Å². The van der Waals surface area contributed by atoms with Gasteiger partial charge in [0.1, 0.15) is 0 Å². The van der Waals surface area contributed by atoms with Crippen LogP contribution in [-0.4, -0.2) is 18.5 Å². The Balaban J connectivity index is 0.000000191. The molecule has 1 unspecified atom stereocenters. The fraction of sp³-hybridized carbons (Fsp3) is 0.412. The van der Waals surface area contributed by atoms with Gasteiger partial charge in [0.25, 0.3) is 0 Å². The van der Waals surface area contributed by atoms with Crippen LogP contribution in [0.5, 0.6) is 0 Å². The van der Waals surface area contributed by atoms with E-state index in [0.717, 1.165) is 11.5 Å². The lowest BCUT2D eigenvalue weighted by molar-refractivity contribution is 0.292. The van der Waals surface area contributed by atoms with Crippen molar-refractivity contribution in [2.75, 3.05) is 13.6 Å². The lowest BCUT2D eigenvalue weighted by Gasteiger charge is -2.32. The molecule has 0 radical (unpaired) electrons. The summed E-state index contributed by atoms with van der Waals surface area (Å²) in [5.74, 6) is 0.781. The number of hydrogen-bond donors (Lipinski definition) is 0. The molecule has 1 atom stereocenters. The van der Waals surface area contributed by atoms with Crippen LogP contribution in [0.4, 0.5) is 0 Å². The van der Waals surface area contributed by atoms with Gasteiger partial charge in [-0.15, -0.1) is 0 Å². The Kier molecular flexibility index (Phi) is 7.35. The van der Waals surface area contributed by atoms with Gasteiger partial charge in [0.15, 0.2) is 0 Å². The van der Waals surface area contributed by atoms with Crippen molar-refractivity contribution in [3.63, 3.8) is 0 Å². The minimum atomic E-state index is 0.781. The Labute approximate surface area is 122 Å². The Bertz CT molecular complexity index is 397. The third-order valence-electron chi connectivity index (χ3n) is 3.43. The largest absolute Gasteiger partial charge is 0.378 e. The van der Waals surface area contributed by atoms with Gasteiger partial charge >= 0.3 is 0 Å². The predicted octanol–water partition coefficient (Wildman–Crippen LogP) is 5.15. The van der Waals surface area contributed by atoms with Crippen molar-refractivity contribution in [1.82, 2.24) is 4.90 Å². The molecule has 0 N–H and O–H groups in total. The number of rotatable bonds is 1. The van der Waals surface area contributed by atoms with Crippen molar-refractivity contribution < 1.29 is 0 Å². The molecule has 1 fully saturated rings. The van der Waals surface area contributed by atoms with Gasteiger partial charge in [0.05, 0.1) is 0 Å². The number of allylic oxidation sites excluding steroid dienone is 2. The summed E-state index contributed by atoms with van der Waals surface area (Å²) in [5.41, 5.74) is 4.16. The highest BCUT2D eigenvalue weighted by atomic mass is 35.5. The summed E-state index contributed by atoms with van der Waals surface area (Å²) in [5, 5.41) is 0. The van der Waals surface area contributed by atoms with Crippen LogP contribution in [0.25, 0.3) is 6.08 Å². The van der Waals surface area contributed by atoms with Gasteiger partial charge in [-0.25, -0.2) is 0 Å². The first kappa shape index (κ1) is 15.8. The Morgan fingerprint density at radius 1 is 1.26 bits per heavy atom. The van der Waals surface area contributed by atoms with Crippen LogP contribution in [0.3, 0.4) is 0 Å². The summed E-state index contributed by atoms with van der Waals surface area (Å²) in [6.45, 7) is 5.68. The number of nitrogens with zero attached hydrogens (tertiary/aromatic N) is 1. The molecule has 0 spiro atoms. The van der Waals surface area contributed by atoms with E-state index < -0.39 is 0 Å². The van der Waals surface area contributed by atoms with Gasteiger partial charge in [-0.2, -0.15) is 0 Å². The fourth-order valence-electron chi connectivity index (χ4n) is 2.43. The van der Waals surface area contributed by atoms with Crippen LogP contribution < -0.4 is 0 Å². The van der Waals surface area contributed by atoms with Crippen molar-refractivity contribution in [3.8, 4) is 0 Å². The van der Waals surface area contributed by atoms with Crippen molar-refractivity contribution >= 4 is 17.7 Å². The molecular weight excluding hydrogens is 254 g/mol. The molecule has 2 rings (SSSR count). The molecule has 1 nitrogen and oxygen atoms in total. The van der Waals surface area contributed by atoms with E-state index in [2.05, 4.69) is 31.9 Å². The molecule has 0 aliphatic carbocycles. The molecule has 1 saturated heterocycles. The zero-order valence-corrected chi connectivity index (χ0v) is 12.9. The van der Waals surface area contributed by atoms with E-state index in [1.165, 1.54) is 30.6 Å². The molecule has 0 bridgehead atoms. The zero-order chi connectivity index (χ0) is 14.1. The highest BCUT2D eigenvalue weighted by molar-refractivity contribution is 6.27. The second-order valence-electron chi connectivity index (χ2n) is 4.88. The van der Waals surface area contributed by atoms with E-state index in [9.17, 15) is 0 Å². The zero-order valence-electron chi connectivity index (χ0n) is 12.1. The highest BCUT2D eigenvalue weighted by Crippen LogP contribution is 2.24. The van der Waals surface area contributed by atoms with Crippen molar-refractivity contribution in [2.24, 2.45) is 5.92 Å². The van der Waals surface area contributed by atoms with Crippen LogP contribution >= 0.6 is 11.6 Å². The molecule has 0 saturated carbocycles. The maximum Gasteiger partial charge on any atom is 0.0171 e. The van der Waals surface area contributed by atoms with Crippen molar-refractivity contribution in [1.29, 1.82) is 0 Å². The Morgan fingerprint density at radius 3 is 2.42 bits per heavy atom. The van der Waals surface area contributed by atoms with E-state index in [0.29, 0.717) is 0 Å². The number of halogens is 1. The molecule has 1 aromatic carbocycles. The molecule has 1 heterocycles. The van der Waals surface area contributed by atoms with Gasteiger partial charge in [0, 0.05) is 24.8 Å². The van der Waals surface area contributed by atoms with E-state index in [4.69, 9.17) is 11.6 Å². The van der Waals surface area contributed by atoms with Crippen molar-refractivity contribution in [2.45, 2.75) is 26.7 Å². The fourth-order valence-corrected chi connectivity index (χ4v) is 2.58. The summed E-state index contributed by atoms with van der Waals surface area (Å²) in [7, 11) is 2.19. The highest BCUT2D eigenvalue weighted by Gasteiger charge is 2.16. The second-order valence-corrected chi connectivity index (χ2v) is 5.13. The summed E-state index contributed by atoms with van der Waals surface area (Å²) in [6, 6.07) is 9.93. The number of benzene rings is 1. The van der Waals surface area contributed by atoms with Crippen LogP contribution in [-0.2, 0) is 0 Å². The molecule has 0 amide bonds. The number of likely N-dealkylation sites (tertiary alicyclic amines) is 1. The van der Waals surface area contributed by atoms with Gasteiger partial charge < -0.3 is 4.90 Å². The van der Waals surface area contributed by atoms with Crippen LogP contribution in [0.15, 0.2) is 47.6 Å². The summed E-state index contributed by atoms with van der Waals surface area (Å²) in [4.78, 5) is 2.37. The molecule has 0 aromatic heterocycles. The summed E-state index contributed by atoms with van der Waals surface area (Å²) >= 11 is 5.36. The average molecular weight is 278 g/mol. The quantitative estimate of drug-likeness (QED) is 0.686. The minimum absolute atomic E-state index is 0.781. The first-order valence-corrected chi connectivity index (χ1v) is 7.31. The maximum absolute atomic E-state index is 5.36. The first-order valence-electron chi connectivity index (χ1n) is 6.88. The van der Waals surface area contributed by atoms with Gasteiger partial charge in [-0.1, -0.05) is 54.9 Å². The minimum Gasteiger partial charge on any atom is -0.378 e. The Morgan fingerprint density at radius 2 is 1.95 bits per heavy atom. The summed E-state index contributed by atoms with van der Waals surface area (Å²) < 4.78 is 0. The van der Waals surface area contributed by atoms with Crippen LogP contribution in [0.1, 0.15) is 32.3 Å².